The molecule has 5 rings (SSSR count). The summed E-state index contributed by atoms with van der Waals surface area (Å²) in [4.78, 5) is 19.5. The topological polar surface area (TPSA) is 107 Å². The molecule has 8 nitrogen and oxygen atoms in total. The van der Waals surface area contributed by atoms with Crippen LogP contribution in [0.4, 0.5) is 11.4 Å². The van der Waals surface area contributed by atoms with Crippen molar-refractivity contribution in [1.82, 2.24) is 15.2 Å². The summed E-state index contributed by atoms with van der Waals surface area (Å²) in [5, 5.41) is 19.6. The van der Waals surface area contributed by atoms with Gasteiger partial charge in [0, 0.05) is 35.9 Å². The Kier molecular flexibility index (Phi) is 5.24. The van der Waals surface area contributed by atoms with Crippen molar-refractivity contribution >= 4 is 28.2 Å². The summed E-state index contributed by atoms with van der Waals surface area (Å²) in [7, 11) is 0. The predicted molar refractivity (Wildman–Crippen MR) is 121 cm³/mol. The molecule has 4 aromatic rings. The Morgan fingerprint density at radius 3 is 2.66 bits per heavy atom. The number of H-pyrrole nitrogens is 1. The molecule has 1 aliphatic rings. The lowest BCUT2D eigenvalue weighted by molar-refractivity contribution is 0.102. The summed E-state index contributed by atoms with van der Waals surface area (Å²) in [5.74, 6) is -0.321. The maximum Gasteiger partial charge on any atom is 0.276 e. The number of pyridine rings is 1. The Hall–Kier alpha value is -4.22. The molecule has 32 heavy (non-hydrogen) atoms. The lowest BCUT2D eigenvalue weighted by Gasteiger charge is -2.28. The van der Waals surface area contributed by atoms with Crippen molar-refractivity contribution < 1.29 is 9.53 Å². The van der Waals surface area contributed by atoms with Crippen molar-refractivity contribution in [2.24, 2.45) is 0 Å². The first-order valence-electron chi connectivity index (χ1n) is 10.3. The Morgan fingerprint density at radius 1 is 1.06 bits per heavy atom. The number of rotatable bonds is 4. The zero-order valence-electron chi connectivity index (χ0n) is 17.2. The average molecular weight is 424 g/mol. The summed E-state index contributed by atoms with van der Waals surface area (Å²) in [6.45, 7) is 3.10. The number of carbonyl (C=O) groups is 1. The molecular weight excluding hydrogens is 404 g/mol. The number of morpholine rings is 1. The fraction of sp³-hybridized carbons (Fsp3) is 0.167. The van der Waals surface area contributed by atoms with Gasteiger partial charge in [-0.2, -0.15) is 10.4 Å². The van der Waals surface area contributed by atoms with Gasteiger partial charge >= 0.3 is 0 Å². The van der Waals surface area contributed by atoms with Crippen LogP contribution in [-0.4, -0.2) is 47.4 Å². The molecule has 0 atom stereocenters. The number of nitrogens with zero attached hydrogens (tertiary/aromatic N) is 4. The summed E-state index contributed by atoms with van der Waals surface area (Å²) in [6, 6.07) is 16.7. The van der Waals surface area contributed by atoms with Gasteiger partial charge in [-0.1, -0.05) is 6.07 Å². The van der Waals surface area contributed by atoms with Gasteiger partial charge < -0.3 is 15.0 Å². The summed E-state index contributed by atoms with van der Waals surface area (Å²) >= 11 is 0. The number of nitrogens with one attached hydrogen (secondary N) is 2. The SMILES string of the molecule is N#Cc1ccc(NC(=O)c2n[nH]c3ccc(-c4cncc(N5CCOCC5)c4)cc23)cc1. The Bertz CT molecular complexity index is 1320. The zero-order chi connectivity index (χ0) is 21.9. The van der Waals surface area contributed by atoms with E-state index >= 15 is 0 Å². The molecule has 8 heteroatoms. The third-order valence-corrected chi connectivity index (χ3v) is 5.48. The molecule has 0 spiro atoms. The van der Waals surface area contributed by atoms with Gasteiger partial charge in [0.2, 0.25) is 0 Å². The third kappa shape index (κ3) is 3.89. The Morgan fingerprint density at radius 2 is 1.88 bits per heavy atom. The molecule has 0 radical (unpaired) electrons. The first-order chi connectivity index (χ1) is 15.7. The predicted octanol–water partition coefficient (Wildman–Crippen LogP) is 3.59. The van der Waals surface area contributed by atoms with Crippen molar-refractivity contribution in [3.8, 4) is 17.2 Å². The number of nitriles is 1. The lowest BCUT2D eigenvalue weighted by Crippen LogP contribution is -2.36. The molecule has 158 valence electrons. The molecule has 1 aliphatic heterocycles. The largest absolute Gasteiger partial charge is 0.378 e. The van der Waals surface area contributed by atoms with E-state index in [1.54, 1.807) is 24.3 Å². The molecule has 0 aliphatic carbocycles. The second kappa shape index (κ2) is 8.49. The molecule has 0 unspecified atom stereocenters. The number of hydrogen-bond donors (Lipinski definition) is 2. The first-order valence-corrected chi connectivity index (χ1v) is 10.3. The number of ether oxygens (including phenoxy) is 1. The second-order valence-electron chi connectivity index (χ2n) is 7.51. The van der Waals surface area contributed by atoms with E-state index in [9.17, 15) is 4.79 Å². The molecule has 2 N–H and O–H groups in total. The van der Waals surface area contributed by atoms with E-state index in [0.29, 0.717) is 30.2 Å². The first kappa shape index (κ1) is 19.7. The molecule has 1 saturated heterocycles. The van der Waals surface area contributed by atoms with E-state index in [1.165, 1.54) is 0 Å². The molecule has 2 aromatic heterocycles. The van der Waals surface area contributed by atoms with Gasteiger partial charge in [-0.3, -0.25) is 14.9 Å². The summed E-state index contributed by atoms with van der Waals surface area (Å²) in [6.07, 6.45) is 3.68. The minimum absolute atomic E-state index is 0.309. The van der Waals surface area contributed by atoms with E-state index in [0.717, 1.165) is 40.8 Å². The molecule has 0 bridgehead atoms. The van der Waals surface area contributed by atoms with Crippen LogP contribution < -0.4 is 10.2 Å². The van der Waals surface area contributed by atoms with Gasteiger partial charge in [0.1, 0.15) is 0 Å². The number of aromatic nitrogens is 3. The molecule has 0 saturated carbocycles. The molecule has 3 heterocycles. The monoisotopic (exact) mass is 424 g/mol. The van der Waals surface area contributed by atoms with Crippen LogP contribution in [-0.2, 0) is 4.74 Å². The maximum atomic E-state index is 12.9. The van der Waals surface area contributed by atoms with E-state index in [2.05, 4.69) is 37.5 Å². The van der Waals surface area contributed by atoms with Crippen molar-refractivity contribution in [1.29, 1.82) is 5.26 Å². The van der Waals surface area contributed by atoms with Gasteiger partial charge in [-0.05, 0) is 48.0 Å². The van der Waals surface area contributed by atoms with Crippen LogP contribution in [0.3, 0.4) is 0 Å². The number of anilines is 2. The molecule has 1 fully saturated rings. The molecule has 1 amide bonds. The Balaban J connectivity index is 1.43. The molecular formula is C24H20N6O2. The number of carbonyl (C=O) groups excluding carboxylic acids is 1. The molecule has 2 aromatic carbocycles. The van der Waals surface area contributed by atoms with Crippen LogP contribution in [0.25, 0.3) is 22.0 Å². The highest BCUT2D eigenvalue weighted by atomic mass is 16.5. The van der Waals surface area contributed by atoms with Gasteiger partial charge in [0.25, 0.3) is 5.91 Å². The minimum atomic E-state index is -0.321. The highest BCUT2D eigenvalue weighted by Crippen LogP contribution is 2.28. The third-order valence-electron chi connectivity index (χ3n) is 5.48. The van der Waals surface area contributed by atoms with E-state index in [-0.39, 0.29) is 5.91 Å². The highest BCUT2D eigenvalue weighted by molar-refractivity contribution is 6.11. The smallest absolute Gasteiger partial charge is 0.276 e. The number of aromatic amines is 1. The lowest BCUT2D eigenvalue weighted by atomic mass is 10.0. The standard InChI is InChI=1S/C24H20N6O2/c25-13-16-1-4-19(5-2-16)27-24(31)23-21-12-17(3-6-22(21)28-29-23)18-11-20(15-26-14-18)30-7-9-32-10-8-30/h1-6,11-12,14-15H,7-10H2,(H,27,31)(H,28,29). The fourth-order valence-corrected chi connectivity index (χ4v) is 3.77. The van der Waals surface area contributed by atoms with E-state index in [1.807, 2.05) is 30.6 Å². The zero-order valence-corrected chi connectivity index (χ0v) is 17.2. The van der Waals surface area contributed by atoms with Gasteiger partial charge in [-0.25, -0.2) is 0 Å². The van der Waals surface area contributed by atoms with Gasteiger partial charge in [-0.15, -0.1) is 0 Å². The van der Waals surface area contributed by atoms with E-state index < -0.39 is 0 Å². The number of fused-ring (bicyclic) bond motifs is 1. The van der Waals surface area contributed by atoms with Crippen LogP contribution in [0.15, 0.2) is 60.9 Å². The maximum absolute atomic E-state index is 12.9. The normalized spacial score (nSPS) is 13.7. The number of benzene rings is 2. The average Bonchev–Trinajstić information content (AvgIpc) is 3.29. The van der Waals surface area contributed by atoms with Crippen LogP contribution in [0.2, 0.25) is 0 Å². The second-order valence-corrected chi connectivity index (χ2v) is 7.51. The highest BCUT2D eigenvalue weighted by Gasteiger charge is 2.16. The van der Waals surface area contributed by atoms with Crippen molar-refractivity contribution in [3.63, 3.8) is 0 Å². The van der Waals surface area contributed by atoms with Crippen molar-refractivity contribution in [2.45, 2.75) is 0 Å². The quantitative estimate of drug-likeness (QED) is 0.519. The number of amides is 1. The van der Waals surface area contributed by atoms with Crippen LogP contribution >= 0.6 is 0 Å². The minimum Gasteiger partial charge on any atom is -0.378 e. The van der Waals surface area contributed by atoms with Crippen LogP contribution in [0.1, 0.15) is 16.1 Å². The fourth-order valence-electron chi connectivity index (χ4n) is 3.77. The van der Waals surface area contributed by atoms with Gasteiger partial charge in [0.05, 0.1) is 42.2 Å². The van der Waals surface area contributed by atoms with Crippen LogP contribution in [0.5, 0.6) is 0 Å². The van der Waals surface area contributed by atoms with Crippen molar-refractivity contribution in [3.05, 3.63) is 72.2 Å². The van der Waals surface area contributed by atoms with Crippen molar-refractivity contribution in [2.75, 3.05) is 36.5 Å². The van der Waals surface area contributed by atoms with E-state index in [4.69, 9.17) is 10.00 Å². The van der Waals surface area contributed by atoms with Gasteiger partial charge in [0.15, 0.2) is 5.69 Å². The van der Waals surface area contributed by atoms with Crippen LogP contribution in [0, 0.1) is 11.3 Å². The summed E-state index contributed by atoms with van der Waals surface area (Å²) < 4.78 is 5.44. The Labute approximate surface area is 184 Å². The summed E-state index contributed by atoms with van der Waals surface area (Å²) in [5.41, 5.74) is 5.19. The number of hydrogen-bond acceptors (Lipinski definition) is 6.